The lowest BCUT2D eigenvalue weighted by Gasteiger charge is -2.28. The number of halogens is 1. The van der Waals surface area contributed by atoms with E-state index < -0.39 is 6.04 Å². The Balaban J connectivity index is 1.47. The van der Waals surface area contributed by atoms with Gasteiger partial charge in [0.1, 0.15) is 17.6 Å². The van der Waals surface area contributed by atoms with Gasteiger partial charge in [0.2, 0.25) is 11.1 Å². The second-order valence-electron chi connectivity index (χ2n) is 8.40. The zero-order valence-corrected chi connectivity index (χ0v) is 21.3. The van der Waals surface area contributed by atoms with E-state index in [1.807, 2.05) is 68.4 Å². The van der Waals surface area contributed by atoms with Crippen molar-refractivity contribution >= 4 is 29.3 Å². The number of fused-ring (bicyclic) bond motifs is 1. The van der Waals surface area contributed by atoms with Gasteiger partial charge in [-0.25, -0.2) is 9.07 Å². The predicted octanol–water partition coefficient (Wildman–Crippen LogP) is 6.04. The molecule has 1 aromatic heterocycles. The summed E-state index contributed by atoms with van der Waals surface area (Å²) in [5.41, 5.74) is 3.25. The molecule has 2 N–H and O–H groups in total. The molecule has 7 nitrogen and oxygen atoms in total. The molecule has 1 aliphatic heterocycles. The summed E-state index contributed by atoms with van der Waals surface area (Å²) in [6.07, 6.45) is 0. The number of benzene rings is 3. The third-order valence-electron chi connectivity index (χ3n) is 5.94. The molecule has 0 radical (unpaired) electrons. The molecule has 2 heterocycles. The Morgan fingerprint density at radius 1 is 1.08 bits per heavy atom. The van der Waals surface area contributed by atoms with E-state index in [-0.39, 0.29) is 11.7 Å². The number of amides is 1. The molecule has 0 saturated carbocycles. The standard InChI is InChI=1S/C28H26FN5O2S/c1-3-36-23-16-10-9-15-22(23)31-26(35)24-18(2)30-27-32-28(37-17-20-13-7-8-14-21(20)29)33-34(27)25(24)19-11-5-4-6-12-19/h4-16,25H,3,17H2,1-2H3,(H,31,35)(H,30,32,33). The lowest BCUT2D eigenvalue weighted by Crippen LogP contribution is -2.31. The van der Waals surface area contributed by atoms with E-state index in [0.29, 0.717) is 51.7 Å². The van der Waals surface area contributed by atoms with Crippen molar-refractivity contribution in [1.82, 2.24) is 14.8 Å². The predicted molar refractivity (Wildman–Crippen MR) is 143 cm³/mol. The molecule has 0 aliphatic carbocycles. The lowest BCUT2D eigenvalue weighted by molar-refractivity contribution is -0.113. The van der Waals surface area contributed by atoms with Crippen molar-refractivity contribution < 1.29 is 13.9 Å². The van der Waals surface area contributed by atoms with E-state index in [1.54, 1.807) is 22.9 Å². The minimum atomic E-state index is -0.507. The second kappa shape index (κ2) is 10.9. The first-order valence-electron chi connectivity index (χ1n) is 11.9. The molecule has 1 amide bonds. The van der Waals surface area contributed by atoms with Gasteiger partial charge in [0.15, 0.2) is 0 Å². The molecule has 0 fully saturated rings. The topological polar surface area (TPSA) is 81.1 Å². The first-order chi connectivity index (χ1) is 18.0. The molecular formula is C28H26FN5O2S. The molecule has 1 atom stereocenters. The van der Waals surface area contributed by atoms with Crippen molar-refractivity contribution in [3.8, 4) is 5.75 Å². The molecule has 1 unspecified atom stereocenters. The van der Waals surface area contributed by atoms with Crippen LogP contribution in [0.3, 0.4) is 0 Å². The second-order valence-corrected chi connectivity index (χ2v) is 9.35. The van der Waals surface area contributed by atoms with Crippen LogP contribution >= 0.6 is 11.8 Å². The summed E-state index contributed by atoms with van der Waals surface area (Å²) in [5.74, 6) is 0.981. The Kier molecular flexibility index (Phi) is 7.23. The average molecular weight is 516 g/mol. The van der Waals surface area contributed by atoms with Crippen molar-refractivity contribution in [2.75, 3.05) is 17.2 Å². The summed E-state index contributed by atoms with van der Waals surface area (Å²) in [5, 5.41) is 11.5. The quantitative estimate of drug-likeness (QED) is 0.279. The summed E-state index contributed by atoms with van der Waals surface area (Å²) in [7, 11) is 0. The maximum Gasteiger partial charge on any atom is 0.255 e. The van der Waals surface area contributed by atoms with Crippen LogP contribution in [0.15, 0.2) is 95.3 Å². The molecule has 3 aromatic carbocycles. The average Bonchev–Trinajstić information content (AvgIpc) is 3.31. The number of nitrogens with zero attached hydrogens (tertiary/aromatic N) is 3. The van der Waals surface area contributed by atoms with Crippen LogP contribution in [0.1, 0.15) is 31.0 Å². The largest absolute Gasteiger partial charge is 0.492 e. The van der Waals surface area contributed by atoms with Gasteiger partial charge in [-0.1, -0.05) is 72.4 Å². The summed E-state index contributed by atoms with van der Waals surface area (Å²) in [6.45, 7) is 4.23. The number of aromatic nitrogens is 3. The summed E-state index contributed by atoms with van der Waals surface area (Å²) >= 11 is 1.34. The molecule has 5 rings (SSSR count). The van der Waals surface area contributed by atoms with E-state index in [1.165, 1.54) is 17.8 Å². The molecule has 1 aliphatic rings. The van der Waals surface area contributed by atoms with Crippen molar-refractivity contribution in [3.05, 3.63) is 107 Å². The van der Waals surface area contributed by atoms with Gasteiger partial charge in [-0.05, 0) is 43.2 Å². The van der Waals surface area contributed by atoms with Gasteiger partial charge >= 0.3 is 0 Å². The fraction of sp³-hybridized carbons (Fsp3) is 0.179. The van der Waals surface area contributed by atoms with Gasteiger partial charge in [-0.2, -0.15) is 4.98 Å². The van der Waals surface area contributed by atoms with Crippen LogP contribution < -0.4 is 15.4 Å². The van der Waals surface area contributed by atoms with Crippen molar-refractivity contribution in [2.24, 2.45) is 0 Å². The third-order valence-corrected chi connectivity index (χ3v) is 6.83. The number of para-hydroxylation sites is 2. The number of hydrogen-bond acceptors (Lipinski definition) is 6. The van der Waals surface area contributed by atoms with Gasteiger partial charge < -0.3 is 15.4 Å². The molecule has 0 bridgehead atoms. The Bertz CT molecular complexity index is 1450. The van der Waals surface area contributed by atoms with Gasteiger partial charge in [0.25, 0.3) is 5.91 Å². The summed E-state index contributed by atoms with van der Waals surface area (Å²) in [6, 6.07) is 23.2. The first-order valence-corrected chi connectivity index (χ1v) is 12.9. The van der Waals surface area contributed by atoms with Crippen LogP contribution in [0.2, 0.25) is 0 Å². The third kappa shape index (κ3) is 5.22. The van der Waals surface area contributed by atoms with Crippen molar-refractivity contribution in [3.63, 3.8) is 0 Å². The number of nitrogens with one attached hydrogen (secondary N) is 2. The van der Waals surface area contributed by atoms with E-state index in [2.05, 4.69) is 15.6 Å². The SMILES string of the molecule is CCOc1ccccc1NC(=O)C1=C(C)Nc2nc(SCc3ccccc3F)nn2C1c1ccccc1. The zero-order valence-electron chi connectivity index (χ0n) is 20.4. The van der Waals surface area contributed by atoms with Crippen LogP contribution in [-0.4, -0.2) is 27.3 Å². The molecule has 9 heteroatoms. The maximum absolute atomic E-state index is 14.1. The van der Waals surface area contributed by atoms with Gasteiger partial charge in [0, 0.05) is 11.4 Å². The number of hydrogen-bond donors (Lipinski definition) is 2. The lowest BCUT2D eigenvalue weighted by atomic mass is 9.95. The van der Waals surface area contributed by atoms with Gasteiger partial charge in [-0.3, -0.25) is 4.79 Å². The van der Waals surface area contributed by atoms with Crippen LogP contribution in [0.4, 0.5) is 16.0 Å². The Morgan fingerprint density at radius 2 is 1.81 bits per heavy atom. The molecule has 0 saturated heterocycles. The van der Waals surface area contributed by atoms with E-state index >= 15 is 0 Å². The van der Waals surface area contributed by atoms with E-state index in [4.69, 9.17) is 9.84 Å². The molecule has 37 heavy (non-hydrogen) atoms. The highest BCUT2D eigenvalue weighted by Gasteiger charge is 2.34. The monoisotopic (exact) mass is 515 g/mol. The fourth-order valence-corrected chi connectivity index (χ4v) is 5.04. The first kappa shape index (κ1) is 24.6. The minimum absolute atomic E-state index is 0.261. The maximum atomic E-state index is 14.1. The highest BCUT2D eigenvalue weighted by Crippen LogP contribution is 2.37. The number of carbonyl (C=O) groups excluding carboxylic acids is 1. The smallest absolute Gasteiger partial charge is 0.255 e. The Morgan fingerprint density at radius 3 is 2.59 bits per heavy atom. The highest BCUT2D eigenvalue weighted by atomic mass is 32.2. The van der Waals surface area contributed by atoms with Crippen LogP contribution in [0.5, 0.6) is 5.75 Å². The Hall–Kier alpha value is -4.11. The van der Waals surface area contributed by atoms with Gasteiger partial charge in [0.05, 0.1) is 17.9 Å². The van der Waals surface area contributed by atoms with Crippen LogP contribution in [0, 0.1) is 5.82 Å². The van der Waals surface area contributed by atoms with Crippen LogP contribution in [-0.2, 0) is 10.5 Å². The Labute approximate surface area is 218 Å². The molecule has 4 aromatic rings. The van der Waals surface area contributed by atoms with Crippen molar-refractivity contribution in [2.45, 2.75) is 30.8 Å². The zero-order chi connectivity index (χ0) is 25.8. The molecule has 188 valence electrons. The number of rotatable bonds is 8. The summed E-state index contributed by atoms with van der Waals surface area (Å²) < 4.78 is 21.5. The normalized spacial score (nSPS) is 14.6. The van der Waals surface area contributed by atoms with E-state index in [9.17, 15) is 9.18 Å². The number of anilines is 2. The number of ether oxygens (including phenoxy) is 1. The molecular weight excluding hydrogens is 489 g/mol. The van der Waals surface area contributed by atoms with Gasteiger partial charge in [-0.15, -0.1) is 5.10 Å². The van der Waals surface area contributed by atoms with E-state index in [0.717, 1.165) is 5.56 Å². The highest BCUT2D eigenvalue weighted by molar-refractivity contribution is 7.98. The minimum Gasteiger partial charge on any atom is -0.492 e. The molecule has 0 spiro atoms. The number of thioether (sulfide) groups is 1. The van der Waals surface area contributed by atoms with Crippen LogP contribution in [0.25, 0.3) is 0 Å². The summed E-state index contributed by atoms with van der Waals surface area (Å²) in [4.78, 5) is 18.3. The number of carbonyl (C=O) groups is 1. The number of allylic oxidation sites excluding steroid dienone is 1. The fourth-order valence-electron chi connectivity index (χ4n) is 4.23. The van der Waals surface area contributed by atoms with Crippen molar-refractivity contribution in [1.29, 1.82) is 0 Å².